The maximum atomic E-state index is 8.92. The summed E-state index contributed by atoms with van der Waals surface area (Å²) in [6, 6.07) is 0.802. The third-order valence-corrected chi connectivity index (χ3v) is 3.48. The Balaban J connectivity index is 2.24. The van der Waals surface area contributed by atoms with Gasteiger partial charge in [0.2, 0.25) is 0 Å². The molecular weight excluding hydrogens is 200 g/mol. The van der Waals surface area contributed by atoms with E-state index in [4.69, 9.17) is 5.11 Å². The Kier molecular flexibility index (Phi) is 7.01. The summed E-state index contributed by atoms with van der Waals surface area (Å²) >= 11 is 0. The Morgan fingerprint density at radius 3 is 2.69 bits per heavy atom. The summed E-state index contributed by atoms with van der Waals surface area (Å²) in [6.07, 6.45) is 5.03. The summed E-state index contributed by atoms with van der Waals surface area (Å²) in [6.45, 7) is 9.21. The van der Waals surface area contributed by atoms with Gasteiger partial charge in [-0.3, -0.25) is 4.90 Å². The Morgan fingerprint density at radius 1 is 1.44 bits per heavy atom. The number of hydrogen-bond donors (Lipinski definition) is 2. The van der Waals surface area contributed by atoms with Crippen LogP contribution in [0.5, 0.6) is 0 Å². The minimum Gasteiger partial charge on any atom is -0.396 e. The van der Waals surface area contributed by atoms with E-state index in [2.05, 4.69) is 24.1 Å². The van der Waals surface area contributed by atoms with Crippen molar-refractivity contribution in [2.75, 3.05) is 32.8 Å². The molecule has 0 amide bonds. The summed E-state index contributed by atoms with van der Waals surface area (Å²) in [7, 11) is 0. The standard InChI is InChI=1S/C13H28N2O/c1-3-14-10-12(2)11-15(8-5-9-16)13-6-4-7-13/h12-14,16H,3-11H2,1-2H3. The Hall–Kier alpha value is -0.120. The summed E-state index contributed by atoms with van der Waals surface area (Å²) in [5, 5.41) is 12.3. The second-order valence-corrected chi connectivity index (χ2v) is 5.07. The quantitative estimate of drug-likeness (QED) is 0.627. The van der Waals surface area contributed by atoms with Crippen molar-refractivity contribution in [3.63, 3.8) is 0 Å². The minimum absolute atomic E-state index is 0.324. The molecule has 2 N–H and O–H groups in total. The summed E-state index contributed by atoms with van der Waals surface area (Å²) in [5.41, 5.74) is 0. The molecule has 0 saturated heterocycles. The van der Waals surface area contributed by atoms with Crippen molar-refractivity contribution in [2.24, 2.45) is 5.92 Å². The van der Waals surface area contributed by atoms with Crippen molar-refractivity contribution in [1.82, 2.24) is 10.2 Å². The van der Waals surface area contributed by atoms with Crippen LogP contribution >= 0.6 is 0 Å². The second kappa shape index (κ2) is 8.04. The summed E-state index contributed by atoms with van der Waals surface area (Å²) < 4.78 is 0. The van der Waals surface area contributed by atoms with Crippen LogP contribution in [0.1, 0.15) is 39.5 Å². The fourth-order valence-electron chi connectivity index (χ4n) is 2.30. The van der Waals surface area contributed by atoms with Crippen molar-refractivity contribution >= 4 is 0 Å². The lowest BCUT2D eigenvalue weighted by Crippen LogP contribution is -2.44. The number of rotatable bonds is 9. The SMILES string of the molecule is CCNCC(C)CN(CCCO)C1CCC1. The number of aliphatic hydroxyl groups excluding tert-OH is 1. The van der Waals surface area contributed by atoms with Crippen LogP contribution in [-0.2, 0) is 0 Å². The van der Waals surface area contributed by atoms with Gasteiger partial charge in [-0.05, 0) is 38.3 Å². The van der Waals surface area contributed by atoms with E-state index in [1.807, 2.05) is 0 Å². The Morgan fingerprint density at radius 2 is 2.19 bits per heavy atom. The van der Waals surface area contributed by atoms with Gasteiger partial charge in [-0.2, -0.15) is 0 Å². The van der Waals surface area contributed by atoms with Gasteiger partial charge < -0.3 is 10.4 Å². The molecule has 0 heterocycles. The van der Waals surface area contributed by atoms with Crippen LogP contribution in [0.25, 0.3) is 0 Å². The highest BCUT2D eigenvalue weighted by molar-refractivity contribution is 4.81. The van der Waals surface area contributed by atoms with Gasteiger partial charge in [-0.1, -0.05) is 20.3 Å². The molecule has 1 aliphatic carbocycles. The zero-order chi connectivity index (χ0) is 11.8. The van der Waals surface area contributed by atoms with Gasteiger partial charge in [0.15, 0.2) is 0 Å². The van der Waals surface area contributed by atoms with Gasteiger partial charge >= 0.3 is 0 Å². The normalized spacial score (nSPS) is 18.8. The van der Waals surface area contributed by atoms with Crippen molar-refractivity contribution in [3.8, 4) is 0 Å². The Labute approximate surface area is 100 Å². The highest BCUT2D eigenvalue weighted by Gasteiger charge is 2.25. The smallest absolute Gasteiger partial charge is 0.0443 e. The molecule has 0 aromatic carbocycles. The largest absolute Gasteiger partial charge is 0.396 e. The maximum Gasteiger partial charge on any atom is 0.0443 e. The van der Waals surface area contributed by atoms with Crippen molar-refractivity contribution in [2.45, 2.75) is 45.6 Å². The molecule has 0 spiro atoms. The molecule has 0 radical (unpaired) electrons. The molecule has 0 aromatic rings. The number of nitrogens with zero attached hydrogens (tertiary/aromatic N) is 1. The van der Waals surface area contributed by atoms with Gasteiger partial charge in [-0.15, -0.1) is 0 Å². The number of hydrogen-bond acceptors (Lipinski definition) is 3. The van der Waals surface area contributed by atoms with E-state index in [0.29, 0.717) is 12.5 Å². The van der Waals surface area contributed by atoms with Crippen LogP contribution in [0.15, 0.2) is 0 Å². The average molecular weight is 228 g/mol. The first-order valence-electron chi connectivity index (χ1n) is 6.83. The van der Waals surface area contributed by atoms with E-state index in [1.165, 1.54) is 25.8 Å². The molecule has 1 aliphatic rings. The van der Waals surface area contributed by atoms with E-state index >= 15 is 0 Å². The first-order valence-corrected chi connectivity index (χ1v) is 6.83. The lowest BCUT2D eigenvalue weighted by molar-refractivity contribution is 0.101. The molecule has 3 heteroatoms. The first kappa shape index (κ1) is 13.9. The lowest BCUT2D eigenvalue weighted by atomic mass is 9.90. The molecule has 1 rings (SSSR count). The highest BCUT2D eigenvalue weighted by Crippen LogP contribution is 2.25. The monoisotopic (exact) mass is 228 g/mol. The van der Waals surface area contributed by atoms with Gasteiger partial charge in [-0.25, -0.2) is 0 Å². The van der Waals surface area contributed by atoms with Crippen molar-refractivity contribution < 1.29 is 5.11 Å². The minimum atomic E-state index is 0.324. The van der Waals surface area contributed by atoms with Crippen LogP contribution in [-0.4, -0.2) is 48.8 Å². The fourth-order valence-corrected chi connectivity index (χ4v) is 2.30. The van der Waals surface area contributed by atoms with Crippen LogP contribution < -0.4 is 5.32 Å². The first-order chi connectivity index (χ1) is 7.77. The fraction of sp³-hybridized carbons (Fsp3) is 1.00. The molecule has 1 saturated carbocycles. The van der Waals surface area contributed by atoms with Crippen LogP contribution in [0, 0.1) is 5.92 Å². The van der Waals surface area contributed by atoms with E-state index in [9.17, 15) is 0 Å². The van der Waals surface area contributed by atoms with E-state index in [0.717, 1.165) is 32.1 Å². The second-order valence-electron chi connectivity index (χ2n) is 5.07. The lowest BCUT2D eigenvalue weighted by Gasteiger charge is -2.39. The molecule has 3 nitrogen and oxygen atoms in total. The van der Waals surface area contributed by atoms with Crippen molar-refractivity contribution in [3.05, 3.63) is 0 Å². The molecule has 0 aliphatic heterocycles. The molecule has 1 unspecified atom stereocenters. The maximum absolute atomic E-state index is 8.92. The highest BCUT2D eigenvalue weighted by atomic mass is 16.3. The van der Waals surface area contributed by atoms with Gasteiger partial charge in [0, 0.05) is 25.7 Å². The predicted molar refractivity (Wildman–Crippen MR) is 68.6 cm³/mol. The van der Waals surface area contributed by atoms with Crippen LogP contribution in [0.4, 0.5) is 0 Å². The molecular formula is C13H28N2O. The topological polar surface area (TPSA) is 35.5 Å². The zero-order valence-electron chi connectivity index (χ0n) is 10.9. The molecule has 0 bridgehead atoms. The van der Waals surface area contributed by atoms with Crippen LogP contribution in [0.2, 0.25) is 0 Å². The van der Waals surface area contributed by atoms with E-state index in [1.54, 1.807) is 0 Å². The summed E-state index contributed by atoms with van der Waals surface area (Å²) in [5.74, 6) is 0.708. The third-order valence-electron chi connectivity index (χ3n) is 3.48. The number of aliphatic hydroxyl groups is 1. The summed E-state index contributed by atoms with van der Waals surface area (Å²) in [4.78, 5) is 2.59. The van der Waals surface area contributed by atoms with E-state index in [-0.39, 0.29) is 0 Å². The van der Waals surface area contributed by atoms with Crippen LogP contribution in [0.3, 0.4) is 0 Å². The van der Waals surface area contributed by atoms with E-state index < -0.39 is 0 Å². The Bertz CT molecular complexity index is 171. The van der Waals surface area contributed by atoms with Crippen molar-refractivity contribution in [1.29, 1.82) is 0 Å². The average Bonchev–Trinajstić information content (AvgIpc) is 2.20. The van der Waals surface area contributed by atoms with Gasteiger partial charge in [0.1, 0.15) is 0 Å². The predicted octanol–water partition coefficient (Wildman–Crippen LogP) is 1.47. The third kappa shape index (κ3) is 4.81. The molecule has 96 valence electrons. The zero-order valence-corrected chi connectivity index (χ0v) is 10.9. The molecule has 1 fully saturated rings. The molecule has 16 heavy (non-hydrogen) atoms. The molecule has 1 atom stereocenters. The number of nitrogens with one attached hydrogen (secondary N) is 1. The molecule has 0 aromatic heterocycles. The van der Waals surface area contributed by atoms with Gasteiger partial charge in [0.05, 0.1) is 0 Å². The van der Waals surface area contributed by atoms with Gasteiger partial charge in [0.25, 0.3) is 0 Å².